The fourth-order valence-electron chi connectivity index (χ4n) is 2.34. The Morgan fingerprint density at radius 2 is 1.52 bits per heavy atom. The Morgan fingerprint density at radius 1 is 0.920 bits per heavy atom. The predicted octanol–water partition coefficient (Wildman–Crippen LogP) is 6.44. The number of rotatable bonds is 3. The first-order chi connectivity index (χ1) is 11.7. The second-order valence-electron chi connectivity index (χ2n) is 7.81. The van der Waals surface area contributed by atoms with Gasteiger partial charge in [0.2, 0.25) is 8.32 Å². The van der Waals surface area contributed by atoms with E-state index >= 15 is 0 Å². The van der Waals surface area contributed by atoms with Crippen LogP contribution >= 0.6 is 15.9 Å². The molecule has 5 heteroatoms. The Morgan fingerprint density at radius 3 is 2.16 bits per heavy atom. The molecule has 0 unspecified atom stereocenters. The second kappa shape index (κ2) is 6.54. The number of fused-ring (bicyclic) bond motifs is 1. The monoisotopic (exact) mass is 414 g/mol. The van der Waals surface area contributed by atoms with Crippen molar-refractivity contribution >= 4 is 35.0 Å². The van der Waals surface area contributed by atoms with Crippen LogP contribution in [-0.4, -0.2) is 18.3 Å². The van der Waals surface area contributed by atoms with Gasteiger partial charge in [0.05, 0.1) is 4.47 Å². The SMILES string of the molecule is CC(C)(C)[Si](C)(C)Oc1ccc2cc(-c3ncc(Br)cn3)ccc2c1. The summed E-state index contributed by atoms with van der Waals surface area (Å²) in [4.78, 5) is 8.74. The molecule has 3 aromatic rings. The maximum Gasteiger partial charge on any atom is 0.250 e. The molecule has 2 aromatic carbocycles. The van der Waals surface area contributed by atoms with E-state index in [1.165, 1.54) is 0 Å². The van der Waals surface area contributed by atoms with Crippen molar-refractivity contribution in [1.82, 2.24) is 9.97 Å². The highest BCUT2D eigenvalue weighted by Crippen LogP contribution is 2.38. The first-order valence-corrected chi connectivity index (χ1v) is 12.1. The van der Waals surface area contributed by atoms with Crippen molar-refractivity contribution in [1.29, 1.82) is 0 Å². The van der Waals surface area contributed by atoms with Crippen molar-refractivity contribution in [3.63, 3.8) is 0 Å². The molecule has 0 bridgehead atoms. The zero-order valence-corrected chi connectivity index (χ0v) is 17.9. The lowest BCUT2D eigenvalue weighted by Gasteiger charge is -2.36. The van der Waals surface area contributed by atoms with Gasteiger partial charge in [-0.1, -0.05) is 39.0 Å². The van der Waals surface area contributed by atoms with Crippen molar-refractivity contribution in [2.24, 2.45) is 0 Å². The van der Waals surface area contributed by atoms with Crippen LogP contribution in [0, 0.1) is 0 Å². The summed E-state index contributed by atoms with van der Waals surface area (Å²) >= 11 is 3.37. The van der Waals surface area contributed by atoms with Crippen LogP contribution in [0.25, 0.3) is 22.2 Å². The van der Waals surface area contributed by atoms with Gasteiger partial charge in [0, 0.05) is 18.0 Å². The first-order valence-electron chi connectivity index (χ1n) is 8.36. The Balaban J connectivity index is 1.92. The fraction of sp³-hybridized carbons (Fsp3) is 0.300. The number of benzene rings is 2. The summed E-state index contributed by atoms with van der Waals surface area (Å²) in [5.41, 5.74) is 1.01. The van der Waals surface area contributed by atoms with Crippen LogP contribution in [0.5, 0.6) is 5.75 Å². The molecule has 0 saturated heterocycles. The third-order valence-electron chi connectivity index (χ3n) is 4.87. The molecule has 0 atom stereocenters. The minimum absolute atomic E-state index is 0.185. The number of aromatic nitrogens is 2. The fourth-order valence-corrected chi connectivity index (χ4v) is 3.56. The third-order valence-corrected chi connectivity index (χ3v) is 9.64. The summed E-state index contributed by atoms with van der Waals surface area (Å²) < 4.78 is 7.29. The van der Waals surface area contributed by atoms with Gasteiger partial charge in [-0.25, -0.2) is 9.97 Å². The van der Waals surface area contributed by atoms with Gasteiger partial charge in [0.15, 0.2) is 5.82 Å². The molecule has 3 rings (SSSR count). The van der Waals surface area contributed by atoms with E-state index in [0.29, 0.717) is 0 Å². The van der Waals surface area contributed by atoms with Gasteiger partial charge in [-0.2, -0.15) is 0 Å². The van der Waals surface area contributed by atoms with Crippen LogP contribution in [-0.2, 0) is 0 Å². The molecule has 0 aliphatic heterocycles. The zero-order chi connectivity index (χ0) is 18.2. The number of hydrogen-bond acceptors (Lipinski definition) is 3. The van der Waals surface area contributed by atoms with Gasteiger partial charge in [-0.3, -0.25) is 0 Å². The maximum atomic E-state index is 6.41. The van der Waals surface area contributed by atoms with Crippen molar-refractivity contribution < 1.29 is 4.43 Å². The molecule has 25 heavy (non-hydrogen) atoms. The summed E-state index contributed by atoms with van der Waals surface area (Å²) in [5, 5.41) is 2.51. The molecule has 130 valence electrons. The van der Waals surface area contributed by atoms with Crippen LogP contribution in [0.2, 0.25) is 18.1 Å². The minimum atomic E-state index is -1.83. The minimum Gasteiger partial charge on any atom is -0.543 e. The van der Waals surface area contributed by atoms with Crippen LogP contribution in [0.1, 0.15) is 20.8 Å². The smallest absolute Gasteiger partial charge is 0.250 e. The molecule has 0 radical (unpaired) electrons. The Labute approximate surface area is 158 Å². The molecule has 0 spiro atoms. The van der Waals surface area contributed by atoms with E-state index in [0.717, 1.165) is 32.4 Å². The molecule has 0 amide bonds. The van der Waals surface area contributed by atoms with E-state index in [2.05, 4.69) is 96.2 Å². The predicted molar refractivity (Wildman–Crippen MR) is 110 cm³/mol. The molecular weight excluding hydrogens is 392 g/mol. The highest BCUT2D eigenvalue weighted by molar-refractivity contribution is 9.10. The van der Waals surface area contributed by atoms with Crippen LogP contribution in [0.15, 0.2) is 53.3 Å². The molecule has 0 fully saturated rings. The van der Waals surface area contributed by atoms with Gasteiger partial charge in [-0.15, -0.1) is 0 Å². The van der Waals surface area contributed by atoms with Gasteiger partial charge in [-0.05, 0) is 63.0 Å². The molecule has 1 heterocycles. The number of hydrogen-bond donors (Lipinski definition) is 0. The first kappa shape index (κ1) is 18.1. The topological polar surface area (TPSA) is 35.0 Å². The average Bonchev–Trinajstić information content (AvgIpc) is 2.54. The summed E-state index contributed by atoms with van der Waals surface area (Å²) in [5.74, 6) is 1.68. The van der Waals surface area contributed by atoms with Crippen LogP contribution < -0.4 is 4.43 Å². The largest absolute Gasteiger partial charge is 0.543 e. The Kier molecular flexibility index (Phi) is 4.73. The lowest BCUT2D eigenvalue weighted by atomic mass is 10.1. The number of halogens is 1. The average molecular weight is 415 g/mol. The lowest BCUT2D eigenvalue weighted by Crippen LogP contribution is -2.43. The molecule has 1 aromatic heterocycles. The lowest BCUT2D eigenvalue weighted by molar-refractivity contribution is 0.493. The molecule has 0 aliphatic carbocycles. The highest BCUT2D eigenvalue weighted by atomic mass is 79.9. The molecule has 0 N–H and O–H groups in total. The van der Waals surface area contributed by atoms with Crippen molar-refractivity contribution in [2.75, 3.05) is 0 Å². The summed E-state index contributed by atoms with van der Waals surface area (Å²) in [7, 11) is -1.83. The molecular formula is C20H23BrN2OSi. The maximum absolute atomic E-state index is 6.41. The van der Waals surface area contributed by atoms with Crippen molar-refractivity contribution in [3.8, 4) is 17.1 Å². The van der Waals surface area contributed by atoms with Crippen molar-refractivity contribution in [2.45, 2.75) is 38.9 Å². The zero-order valence-electron chi connectivity index (χ0n) is 15.3. The Bertz CT molecular complexity index is 902. The summed E-state index contributed by atoms with van der Waals surface area (Å²) in [6.07, 6.45) is 3.53. The Hall–Kier alpha value is -1.72. The number of nitrogens with zero attached hydrogens (tertiary/aromatic N) is 2. The van der Waals surface area contributed by atoms with Crippen LogP contribution in [0.3, 0.4) is 0 Å². The summed E-state index contributed by atoms with van der Waals surface area (Å²) in [6, 6.07) is 12.6. The van der Waals surface area contributed by atoms with Gasteiger partial charge >= 0.3 is 0 Å². The molecule has 0 saturated carbocycles. The van der Waals surface area contributed by atoms with E-state index < -0.39 is 8.32 Å². The van der Waals surface area contributed by atoms with E-state index in [1.54, 1.807) is 12.4 Å². The normalized spacial score (nSPS) is 12.4. The highest BCUT2D eigenvalue weighted by Gasteiger charge is 2.38. The molecule has 3 nitrogen and oxygen atoms in total. The second-order valence-corrected chi connectivity index (χ2v) is 13.5. The third kappa shape index (κ3) is 3.93. The van der Waals surface area contributed by atoms with Crippen LogP contribution in [0.4, 0.5) is 0 Å². The molecule has 0 aliphatic rings. The van der Waals surface area contributed by atoms with E-state index in [-0.39, 0.29) is 5.04 Å². The quantitative estimate of drug-likeness (QED) is 0.462. The van der Waals surface area contributed by atoms with Gasteiger partial charge in [0.1, 0.15) is 5.75 Å². The van der Waals surface area contributed by atoms with Gasteiger partial charge in [0.25, 0.3) is 0 Å². The van der Waals surface area contributed by atoms with E-state index in [4.69, 9.17) is 4.43 Å². The summed E-state index contributed by atoms with van der Waals surface area (Å²) in [6.45, 7) is 11.3. The van der Waals surface area contributed by atoms with E-state index in [1.807, 2.05) is 0 Å². The van der Waals surface area contributed by atoms with E-state index in [9.17, 15) is 0 Å². The van der Waals surface area contributed by atoms with Gasteiger partial charge < -0.3 is 4.43 Å². The standard InChI is InChI=1S/C20H23BrN2OSi/c1-20(2,3)25(4,5)24-18-9-8-14-10-16(7-6-15(14)11-18)19-22-12-17(21)13-23-19/h6-13H,1-5H3. The van der Waals surface area contributed by atoms with Crippen molar-refractivity contribution in [3.05, 3.63) is 53.3 Å².